The summed E-state index contributed by atoms with van der Waals surface area (Å²) < 4.78 is 69.6. The SMILES string of the molecule is C[C@]1(C(N)=O)COc2c1cc([C@@](O)(CNC(=O)c1cc(Oc3ccccn3)c3ncccc3c1)C(F)(F)F)nc2-c1ccc(F)cc1. The standard InChI is InChI=1S/C33H25F4N5O5/c1-31(30(38)44)17-46-28-22(31)15-24(42-27(28)18-7-9-21(34)10-8-18)32(45,33(35,36)37)16-41-29(43)20-13-19-5-4-12-40-26(19)23(14-20)47-25-6-2-3-11-39-25/h2-15,45H,16-17H2,1H3,(H2,38,44)(H,41,43)/t31-,32-/m0/s1. The smallest absolute Gasteiger partial charge is 0.424 e. The van der Waals surface area contributed by atoms with Gasteiger partial charge in [0.1, 0.15) is 34.8 Å². The van der Waals surface area contributed by atoms with Crippen molar-refractivity contribution in [2.45, 2.75) is 24.1 Å². The lowest BCUT2D eigenvalue weighted by Crippen LogP contribution is -2.51. The molecule has 10 nitrogen and oxygen atoms in total. The van der Waals surface area contributed by atoms with Crippen LogP contribution in [0.3, 0.4) is 0 Å². The first-order chi connectivity index (χ1) is 22.3. The number of primary amides is 1. The second-order valence-electron chi connectivity index (χ2n) is 11.1. The van der Waals surface area contributed by atoms with Crippen LogP contribution in [-0.4, -0.2) is 51.2 Å². The number of pyridine rings is 3. The van der Waals surface area contributed by atoms with Crippen LogP contribution in [0.25, 0.3) is 22.2 Å². The summed E-state index contributed by atoms with van der Waals surface area (Å²) in [5.74, 6) is -2.22. The minimum atomic E-state index is -5.38. The first-order valence-electron chi connectivity index (χ1n) is 14.1. The molecule has 0 fully saturated rings. The van der Waals surface area contributed by atoms with Crippen LogP contribution in [0.5, 0.6) is 17.4 Å². The van der Waals surface area contributed by atoms with Crippen LogP contribution in [0.15, 0.2) is 85.2 Å². The number of carbonyl (C=O) groups excluding carboxylic acids is 2. The van der Waals surface area contributed by atoms with Crippen LogP contribution in [0, 0.1) is 5.82 Å². The Morgan fingerprint density at radius 1 is 1.04 bits per heavy atom. The highest BCUT2D eigenvalue weighted by Crippen LogP contribution is 2.47. The van der Waals surface area contributed by atoms with E-state index < -0.39 is 47.1 Å². The van der Waals surface area contributed by atoms with Crippen molar-refractivity contribution < 1.29 is 41.7 Å². The summed E-state index contributed by atoms with van der Waals surface area (Å²) in [4.78, 5) is 38.3. The van der Waals surface area contributed by atoms with E-state index in [2.05, 4.69) is 20.3 Å². The maximum absolute atomic E-state index is 14.8. The Balaban J connectivity index is 1.40. The van der Waals surface area contributed by atoms with E-state index >= 15 is 0 Å². The van der Waals surface area contributed by atoms with Crippen LogP contribution >= 0.6 is 0 Å². The van der Waals surface area contributed by atoms with Crippen molar-refractivity contribution in [2.24, 2.45) is 5.73 Å². The van der Waals surface area contributed by atoms with E-state index in [1.54, 1.807) is 30.3 Å². The van der Waals surface area contributed by atoms with Gasteiger partial charge < -0.3 is 25.6 Å². The molecule has 4 heterocycles. The number of aliphatic hydroxyl groups is 1. The van der Waals surface area contributed by atoms with E-state index in [0.29, 0.717) is 10.9 Å². The van der Waals surface area contributed by atoms with E-state index in [-0.39, 0.29) is 46.4 Å². The molecule has 1 aliphatic rings. The Labute approximate surface area is 264 Å². The van der Waals surface area contributed by atoms with Gasteiger partial charge in [-0.05, 0) is 61.5 Å². The molecule has 0 radical (unpaired) electrons. The summed E-state index contributed by atoms with van der Waals surface area (Å²) in [6, 6.07) is 16.4. The lowest BCUT2D eigenvalue weighted by atomic mass is 9.81. The summed E-state index contributed by atoms with van der Waals surface area (Å²) in [5.41, 5.74) is -0.485. The number of ether oxygens (including phenoxy) is 2. The van der Waals surface area contributed by atoms with Gasteiger partial charge in [-0.25, -0.2) is 14.4 Å². The van der Waals surface area contributed by atoms with Gasteiger partial charge >= 0.3 is 6.18 Å². The summed E-state index contributed by atoms with van der Waals surface area (Å²) >= 11 is 0. The molecule has 240 valence electrons. The molecule has 2 aromatic carbocycles. The number of halogens is 4. The van der Waals surface area contributed by atoms with Crippen LogP contribution in [0.1, 0.15) is 28.5 Å². The fourth-order valence-corrected chi connectivity index (χ4v) is 5.14. The van der Waals surface area contributed by atoms with Gasteiger partial charge in [0.25, 0.3) is 5.91 Å². The number of hydrogen-bond acceptors (Lipinski definition) is 8. The normalized spacial score (nSPS) is 17.0. The third kappa shape index (κ3) is 5.67. The van der Waals surface area contributed by atoms with Crippen molar-refractivity contribution >= 4 is 22.7 Å². The largest absolute Gasteiger partial charge is 0.489 e. The van der Waals surface area contributed by atoms with Gasteiger partial charge in [0, 0.05) is 40.5 Å². The molecule has 6 rings (SSSR count). The molecule has 0 saturated heterocycles. The van der Waals surface area contributed by atoms with Gasteiger partial charge in [0.2, 0.25) is 17.4 Å². The van der Waals surface area contributed by atoms with Crippen molar-refractivity contribution in [3.8, 4) is 28.6 Å². The Morgan fingerprint density at radius 3 is 2.47 bits per heavy atom. The number of benzene rings is 2. The lowest BCUT2D eigenvalue weighted by Gasteiger charge is -2.31. The van der Waals surface area contributed by atoms with Gasteiger partial charge in [0.15, 0.2) is 5.75 Å². The Hall–Kier alpha value is -5.63. The molecule has 0 saturated carbocycles. The third-order valence-electron chi connectivity index (χ3n) is 7.92. The zero-order chi connectivity index (χ0) is 33.6. The molecule has 2 amide bonds. The van der Waals surface area contributed by atoms with Gasteiger partial charge in [-0.15, -0.1) is 0 Å². The summed E-state index contributed by atoms with van der Waals surface area (Å²) in [5, 5.41) is 13.9. The molecule has 0 unspecified atom stereocenters. The Kier molecular flexibility index (Phi) is 7.76. The minimum Gasteiger partial charge on any atom is -0.489 e. The number of nitrogens with two attached hydrogens (primary N) is 1. The van der Waals surface area contributed by atoms with Gasteiger partial charge in [-0.1, -0.05) is 12.1 Å². The van der Waals surface area contributed by atoms with Crippen molar-refractivity contribution in [2.75, 3.05) is 13.2 Å². The van der Waals surface area contributed by atoms with Crippen LogP contribution in [0.2, 0.25) is 0 Å². The second kappa shape index (κ2) is 11.6. The fourth-order valence-electron chi connectivity index (χ4n) is 5.14. The highest BCUT2D eigenvalue weighted by atomic mass is 19.4. The predicted octanol–water partition coefficient (Wildman–Crippen LogP) is 4.94. The number of aromatic nitrogens is 3. The third-order valence-corrected chi connectivity index (χ3v) is 7.92. The number of amides is 2. The molecule has 1 aliphatic heterocycles. The maximum Gasteiger partial charge on any atom is 0.424 e. The Morgan fingerprint density at radius 2 is 1.79 bits per heavy atom. The number of carbonyl (C=O) groups is 2. The monoisotopic (exact) mass is 647 g/mol. The predicted molar refractivity (Wildman–Crippen MR) is 160 cm³/mol. The topological polar surface area (TPSA) is 150 Å². The molecule has 14 heteroatoms. The summed E-state index contributed by atoms with van der Waals surface area (Å²) in [7, 11) is 0. The molecule has 3 aromatic heterocycles. The molecule has 0 bridgehead atoms. The van der Waals surface area contributed by atoms with Gasteiger partial charge in [-0.2, -0.15) is 13.2 Å². The summed E-state index contributed by atoms with van der Waals surface area (Å²) in [6.07, 6.45) is -2.38. The van der Waals surface area contributed by atoms with Crippen LogP contribution in [0.4, 0.5) is 17.6 Å². The lowest BCUT2D eigenvalue weighted by molar-refractivity contribution is -0.265. The number of rotatable bonds is 8. The number of fused-ring (bicyclic) bond motifs is 2. The second-order valence-corrected chi connectivity index (χ2v) is 11.1. The van der Waals surface area contributed by atoms with Crippen molar-refractivity contribution in [1.29, 1.82) is 0 Å². The highest BCUT2D eigenvalue weighted by Gasteiger charge is 2.57. The first-order valence-corrected chi connectivity index (χ1v) is 14.1. The number of nitrogens with one attached hydrogen (secondary N) is 1. The molecule has 0 aliphatic carbocycles. The zero-order valence-corrected chi connectivity index (χ0v) is 24.5. The average molecular weight is 648 g/mol. The first kappa shape index (κ1) is 31.4. The van der Waals surface area contributed by atoms with Gasteiger partial charge in [0.05, 0.1) is 12.2 Å². The molecule has 0 spiro atoms. The fraction of sp³-hybridized carbons (Fsp3) is 0.182. The van der Waals surface area contributed by atoms with Gasteiger partial charge in [-0.3, -0.25) is 14.6 Å². The zero-order valence-electron chi connectivity index (χ0n) is 24.5. The average Bonchev–Trinajstić information content (AvgIpc) is 3.41. The molecule has 4 N–H and O–H groups in total. The number of nitrogens with zero attached hydrogens (tertiary/aromatic N) is 3. The van der Waals surface area contributed by atoms with E-state index in [1.807, 2.05) is 0 Å². The summed E-state index contributed by atoms with van der Waals surface area (Å²) in [6.45, 7) is -0.301. The highest BCUT2D eigenvalue weighted by molar-refractivity contribution is 6.00. The molecule has 2 atom stereocenters. The Bertz CT molecular complexity index is 2010. The van der Waals surface area contributed by atoms with Crippen LogP contribution < -0.4 is 20.5 Å². The molecule has 47 heavy (non-hydrogen) atoms. The van der Waals surface area contributed by atoms with Crippen molar-refractivity contribution in [1.82, 2.24) is 20.3 Å². The quantitative estimate of drug-likeness (QED) is 0.201. The number of hydrogen-bond donors (Lipinski definition) is 3. The van der Waals surface area contributed by atoms with E-state index in [0.717, 1.165) is 18.2 Å². The number of alkyl halides is 3. The molecule has 5 aromatic rings. The van der Waals surface area contributed by atoms with E-state index in [4.69, 9.17) is 15.2 Å². The minimum absolute atomic E-state index is 0.0413. The van der Waals surface area contributed by atoms with Crippen LogP contribution in [-0.2, 0) is 15.8 Å². The van der Waals surface area contributed by atoms with E-state index in [9.17, 15) is 32.3 Å². The van der Waals surface area contributed by atoms with Crippen molar-refractivity contribution in [3.05, 3.63) is 108 Å². The van der Waals surface area contributed by atoms with E-state index in [1.165, 1.54) is 43.6 Å². The van der Waals surface area contributed by atoms with Crippen molar-refractivity contribution in [3.63, 3.8) is 0 Å². The molecular weight excluding hydrogens is 622 g/mol. The molecular formula is C33H25F4N5O5. The maximum atomic E-state index is 14.8.